The molecule has 0 saturated carbocycles. The maximum absolute atomic E-state index is 12.7. The van der Waals surface area contributed by atoms with Crippen LogP contribution < -0.4 is 4.72 Å². The zero-order chi connectivity index (χ0) is 18.5. The molecule has 0 heterocycles. The first kappa shape index (κ1) is 20.6. The van der Waals surface area contributed by atoms with Crippen molar-refractivity contribution in [1.29, 1.82) is 0 Å². The molecule has 0 fully saturated rings. The summed E-state index contributed by atoms with van der Waals surface area (Å²) in [4.78, 5) is 13.4. The molecule has 7 heteroatoms. The van der Waals surface area contributed by atoms with Gasteiger partial charge in [0.15, 0.2) is 0 Å². The number of nitrogens with zero attached hydrogens (tertiary/aromatic N) is 1. The molecule has 1 rings (SSSR count). The van der Waals surface area contributed by atoms with Crippen LogP contribution in [-0.2, 0) is 10.0 Å². The third-order valence-electron chi connectivity index (χ3n) is 4.18. The van der Waals surface area contributed by atoms with Crippen LogP contribution in [0.3, 0.4) is 0 Å². The summed E-state index contributed by atoms with van der Waals surface area (Å²) in [6.45, 7) is 11.7. The summed E-state index contributed by atoms with van der Waals surface area (Å²) in [6.07, 6.45) is 0. The number of carbonyl (C=O) groups is 1. The molecule has 1 unspecified atom stereocenters. The van der Waals surface area contributed by atoms with Crippen LogP contribution in [0.2, 0.25) is 0 Å². The number of hydrogen-bond acceptors (Lipinski definition) is 4. The summed E-state index contributed by atoms with van der Waals surface area (Å²) >= 11 is 0. The normalized spacial score (nSPS) is 13.5. The smallest absolute Gasteiger partial charge is 0.335 e. The molecule has 2 N–H and O–H groups in total. The van der Waals surface area contributed by atoms with Gasteiger partial charge in [-0.1, -0.05) is 33.8 Å². The first-order valence-corrected chi connectivity index (χ1v) is 9.73. The molecule has 0 aliphatic rings. The van der Waals surface area contributed by atoms with E-state index < -0.39 is 16.0 Å². The van der Waals surface area contributed by atoms with E-state index in [1.165, 1.54) is 12.1 Å². The van der Waals surface area contributed by atoms with E-state index in [2.05, 4.69) is 9.62 Å². The van der Waals surface area contributed by atoms with Crippen molar-refractivity contribution in [2.24, 2.45) is 0 Å². The number of hydrogen-bond donors (Lipinski definition) is 2. The fourth-order valence-electron chi connectivity index (χ4n) is 2.66. The average molecular weight is 356 g/mol. The van der Waals surface area contributed by atoms with E-state index in [1.54, 1.807) is 6.07 Å². The number of sulfonamides is 1. The summed E-state index contributed by atoms with van der Waals surface area (Å²) in [7, 11) is -3.78. The van der Waals surface area contributed by atoms with Gasteiger partial charge in [0, 0.05) is 12.6 Å². The van der Waals surface area contributed by atoms with Crippen molar-refractivity contribution in [1.82, 2.24) is 9.62 Å². The molecule has 136 valence electrons. The largest absolute Gasteiger partial charge is 0.478 e. The summed E-state index contributed by atoms with van der Waals surface area (Å²) in [6, 6.07) is 4.31. The van der Waals surface area contributed by atoms with Crippen LogP contribution in [-0.4, -0.2) is 50.1 Å². The van der Waals surface area contributed by atoms with Gasteiger partial charge in [-0.15, -0.1) is 0 Å². The summed E-state index contributed by atoms with van der Waals surface area (Å²) < 4.78 is 28.1. The Hall–Kier alpha value is -1.44. The molecular formula is C17H28N2O4S. The monoisotopic (exact) mass is 356 g/mol. The van der Waals surface area contributed by atoms with Crippen LogP contribution in [0, 0.1) is 0 Å². The second-order valence-corrected chi connectivity index (χ2v) is 7.87. The maximum atomic E-state index is 12.7. The predicted molar refractivity (Wildman–Crippen MR) is 95.1 cm³/mol. The Labute approximate surface area is 144 Å². The van der Waals surface area contributed by atoms with E-state index in [4.69, 9.17) is 5.11 Å². The molecule has 0 radical (unpaired) electrons. The zero-order valence-corrected chi connectivity index (χ0v) is 15.9. The summed E-state index contributed by atoms with van der Waals surface area (Å²) in [5.41, 5.74) is 0.583. The van der Waals surface area contributed by atoms with Crippen LogP contribution in [0.25, 0.3) is 0 Å². The van der Waals surface area contributed by atoms with E-state index in [-0.39, 0.29) is 29.0 Å². The van der Waals surface area contributed by atoms with Crippen LogP contribution in [0.1, 0.15) is 56.5 Å². The van der Waals surface area contributed by atoms with E-state index >= 15 is 0 Å². The minimum Gasteiger partial charge on any atom is -0.478 e. The Morgan fingerprint density at radius 3 is 2.25 bits per heavy atom. The minimum atomic E-state index is -3.78. The van der Waals surface area contributed by atoms with Gasteiger partial charge in [-0.25, -0.2) is 17.9 Å². The fraction of sp³-hybridized carbons (Fsp3) is 0.588. The molecule has 0 aliphatic carbocycles. The highest BCUT2D eigenvalue weighted by Gasteiger charge is 2.23. The highest BCUT2D eigenvalue weighted by Crippen LogP contribution is 2.25. The molecule has 0 aromatic heterocycles. The molecule has 24 heavy (non-hydrogen) atoms. The second kappa shape index (κ2) is 8.60. The van der Waals surface area contributed by atoms with Gasteiger partial charge >= 0.3 is 5.97 Å². The van der Waals surface area contributed by atoms with Gasteiger partial charge in [-0.2, -0.15) is 0 Å². The molecule has 0 bridgehead atoms. The Balaban J connectivity index is 3.12. The fourth-order valence-corrected chi connectivity index (χ4v) is 4.17. The van der Waals surface area contributed by atoms with E-state index in [1.807, 2.05) is 34.6 Å². The first-order chi connectivity index (χ1) is 11.1. The van der Waals surface area contributed by atoms with Crippen LogP contribution in [0.15, 0.2) is 23.1 Å². The highest BCUT2D eigenvalue weighted by atomic mass is 32.2. The van der Waals surface area contributed by atoms with Crippen molar-refractivity contribution in [3.05, 3.63) is 29.3 Å². The topological polar surface area (TPSA) is 86.7 Å². The van der Waals surface area contributed by atoms with Crippen molar-refractivity contribution >= 4 is 16.0 Å². The first-order valence-electron chi connectivity index (χ1n) is 8.24. The number of carboxylic acid groups (broad SMARTS) is 1. The lowest BCUT2D eigenvalue weighted by Gasteiger charge is -2.26. The third kappa shape index (κ3) is 5.03. The molecule has 0 saturated heterocycles. The van der Waals surface area contributed by atoms with Crippen molar-refractivity contribution in [2.45, 2.75) is 51.5 Å². The number of benzene rings is 1. The summed E-state index contributed by atoms with van der Waals surface area (Å²) in [5.74, 6) is -1.17. The van der Waals surface area contributed by atoms with E-state index in [0.717, 1.165) is 13.1 Å². The molecule has 1 aromatic carbocycles. The van der Waals surface area contributed by atoms with Crippen molar-refractivity contribution < 1.29 is 18.3 Å². The molecule has 0 spiro atoms. The van der Waals surface area contributed by atoms with Gasteiger partial charge in [-0.05, 0) is 43.6 Å². The number of rotatable bonds is 9. The average Bonchev–Trinajstić information content (AvgIpc) is 2.53. The SMILES string of the molecule is CCN(CC)C(C)CNS(=O)(=O)c1cc(C(=O)O)ccc1C(C)C. The van der Waals surface area contributed by atoms with Gasteiger partial charge in [0.05, 0.1) is 10.5 Å². The number of aromatic carboxylic acids is 1. The van der Waals surface area contributed by atoms with Crippen molar-refractivity contribution in [2.75, 3.05) is 19.6 Å². The second-order valence-electron chi connectivity index (χ2n) is 6.13. The van der Waals surface area contributed by atoms with Crippen molar-refractivity contribution in [3.8, 4) is 0 Å². The Kier molecular flexibility index (Phi) is 7.38. The van der Waals surface area contributed by atoms with Gasteiger partial charge in [0.2, 0.25) is 10.0 Å². The van der Waals surface area contributed by atoms with Gasteiger partial charge in [0.25, 0.3) is 0 Å². The standard InChI is InChI=1S/C17H28N2O4S/c1-6-19(7-2)13(5)11-18-24(22,23)16-10-14(17(20)21)8-9-15(16)12(3)4/h8-10,12-13,18H,6-7,11H2,1-5H3,(H,20,21). The van der Waals surface area contributed by atoms with Gasteiger partial charge in [0.1, 0.15) is 0 Å². The molecule has 0 amide bonds. The quantitative estimate of drug-likeness (QED) is 0.710. The van der Waals surface area contributed by atoms with Crippen LogP contribution in [0.4, 0.5) is 0 Å². The van der Waals surface area contributed by atoms with Crippen LogP contribution >= 0.6 is 0 Å². The van der Waals surface area contributed by atoms with Crippen molar-refractivity contribution in [3.63, 3.8) is 0 Å². The molecular weight excluding hydrogens is 328 g/mol. The molecule has 6 nitrogen and oxygen atoms in total. The lowest BCUT2D eigenvalue weighted by Crippen LogP contribution is -2.42. The summed E-state index contributed by atoms with van der Waals surface area (Å²) in [5, 5.41) is 9.14. The molecule has 0 aliphatic heterocycles. The Morgan fingerprint density at radius 1 is 1.21 bits per heavy atom. The van der Waals surface area contributed by atoms with Gasteiger partial charge < -0.3 is 5.11 Å². The zero-order valence-electron chi connectivity index (χ0n) is 15.0. The van der Waals surface area contributed by atoms with Crippen LogP contribution in [0.5, 0.6) is 0 Å². The van der Waals surface area contributed by atoms with Gasteiger partial charge in [-0.3, -0.25) is 4.90 Å². The van der Waals surface area contributed by atoms with E-state index in [9.17, 15) is 13.2 Å². The third-order valence-corrected chi connectivity index (χ3v) is 5.66. The Bertz CT molecular complexity index is 667. The molecule has 1 atom stereocenters. The maximum Gasteiger partial charge on any atom is 0.335 e. The molecule has 1 aromatic rings. The lowest BCUT2D eigenvalue weighted by molar-refractivity contribution is 0.0696. The number of likely N-dealkylation sites (N-methyl/N-ethyl adjacent to an activating group) is 1. The number of carboxylic acids is 1. The highest BCUT2D eigenvalue weighted by molar-refractivity contribution is 7.89. The Morgan fingerprint density at radius 2 is 1.79 bits per heavy atom. The minimum absolute atomic E-state index is 0.0281. The lowest BCUT2D eigenvalue weighted by atomic mass is 10.0. The predicted octanol–water partition coefficient (Wildman–Crippen LogP) is 2.52. The van der Waals surface area contributed by atoms with E-state index in [0.29, 0.717) is 5.56 Å². The number of nitrogens with one attached hydrogen (secondary N) is 1.